The van der Waals surface area contributed by atoms with E-state index >= 15 is 0 Å². The van der Waals surface area contributed by atoms with Crippen LogP contribution < -0.4 is 5.32 Å². The zero-order valence-corrected chi connectivity index (χ0v) is 57.6. The van der Waals surface area contributed by atoms with Crippen LogP contribution in [0.4, 0.5) is 0 Å². The molecule has 0 rings (SSSR count). The van der Waals surface area contributed by atoms with Crippen molar-refractivity contribution < 1.29 is 24.5 Å². The topological polar surface area (TPSA) is 95.9 Å². The first-order valence-electron chi connectivity index (χ1n) is 38.8. The number of allylic oxidation sites excluding steroid dienone is 5. The molecule has 6 heteroatoms. The van der Waals surface area contributed by atoms with E-state index in [1.807, 2.05) is 6.08 Å². The number of carbonyl (C=O) groups excluding carboxylic acids is 2. The number of esters is 1. The molecule has 85 heavy (non-hydrogen) atoms. The van der Waals surface area contributed by atoms with Gasteiger partial charge >= 0.3 is 5.97 Å². The van der Waals surface area contributed by atoms with E-state index in [9.17, 15) is 19.8 Å². The van der Waals surface area contributed by atoms with Crippen molar-refractivity contribution in [3.8, 4) is 0 Å². The summed E-state index contributed by atoms with van der Waals surface area (Å²) in [5.74, 6) is -0.0412. The minimum absolute atomic E-state index is 0.0192. The molecule has 6 nitrogen and oxygen atoms in total. The van der Waals surface area contributed by atoms with Gasteiger partial charge in [-0.05, 0) is 64.2 Å². The van der Waals surface area contributed by atoms with Crippen molar-refractivity contribution in [2.45, 2.75) is 443 Å². The lowest BCUT2D eigenvalue weighted by Crippen LogP contribution is -2.45. The molecule has 1 amide bonds. The van der Waals surface area contributed by atoms with Gasteiger partial charge in [-0.15, -0.1) is 0 Å². The van der Waals surface area contributed by atoms with E-state index in [0.29, 0.717) is 19.4 Å². The maximum atomic E-state index is 12.5. The summed E-state index contributed by atoms with van der Waals surface area (Å²) in [6.07, 6.45) is 97.0. The third-order valence-corrected chi connectivity index (χ3v) is 18.2. The third-order valence-electron chi connectivity index (χ3n) is 18.2. The van der Waals surface area contributed by atoms with Gasteiger partial charge < -0.3 is 20.3 Å². The van der Waals surface area contributed by atoms with Crippen LogP contribution in [0.1, 0.15) is 431 Å². The summed E-state index contributed by atoms with van der Waals surface area (Å²) < 4.78 is 5.52. The van der Waals surface area contributed by atoms with Gasteiger partial charge in [0, 0.05) is 12.8 Å². The van der Waals surface area contributed by atoms with Crippen molar-refractivity contribution in [1.29, 1.82) is 0 Å². The standard InChI is InChI=1S/C79H151NO5/c1-3-5-7-9-11-13-15-17-19-20-38-42-45-49-53-57-61-65-69-73-79(84)85-74-70-66-62-58-54-50-46-43-40-37-35-33-31-29-27-25-23-21-22-24-26-28-30-32-34-36-39-41-44-48-52-56-60-64-68-72-78(83)80-76(75-81)77(82)71-67-63-59-55-51-47-18-16-14-12-10-8-6-4-2/h11,13,17,19,67,71,76-77,81-82H,3-10,12,14-16,18,20-66,68-70,72-75H2,1-2H3,(H,80,83)/b13-11-,19-17-,71-67+. The SMILES string of the molecule is CCCCC/C=C\C/C=C\CCCCCCCCCCCC(=O)OCCCCCCCCCCCCCCCCCCCCCCCCCCCCCCCCCCCCCC(=O)NC(CO)C(O)/C=C/CCCCCCCCCCCCCC. The molecule has 0 aromatic carbocycles. The number of amides is 1. The highest BCUT2D eigenvalue weighted by Gasteiger charge is 2.18. The zero-order valence-electron chi connectivity index (χ0n) is 57.6. The van der Waals surface area contributed by atoms with Crippen molar-refractivity contribution >= 4 is 11.9 Å². The summed E-state index contributed by atoms with van der Waals surface area (Å²) in [5.41, 5.74) is 0. The first-order chi connectivity index (χ1) is 42.0. The molecule has 0 bridgehead atoms. The lowest BCUT2D eigenvalue weighted by Gasteiger charge is -2.20. The molecule has 0 radical (unpaired) electrons. The highest BCUT2D eigenvalue weighted by Crippen LogP contribution is 2.20. The average molecular weight is 1200 g/mol. The Balaban J connectivity index is 3.30. The Bertz CT molecular complexity index is 1380. The number of aliphatic hydroxyl groups is 2. The van der Waals surface area contributed by atoms with E-state index in [1.54, 1.807) is 6.08 Å². The van der Waals surface area contributed by atoms with Crippen molar-refractivity contribution in [2.24, 2.45) is 0 Å². The Morgan fingerprint density at radius 1 is 0.329 bits per heavy atom. The minimum atomic E-state index is -0.840. The molecule has 0 aromatic heterocycles. The number of carbonyl (C=O) groups is 2. The summed E-state index contributed by atoms with van der Waals surface area (Å²) >= 11 is 0. The summed E-state index contributed by atoms with van der Waals surface area (Å²) in [7, 11) is 0. The van der Waals surface area contributed by atoms with Gasteiger partial charge in [0.15, 0.2) is 0 Å². The Hall–Kier alpha value is -1.92. The Morgan fingerprint density at radius 2 is 0.588 bits per heavy atom. The second-order valence-electron chi connectivity index (χ2n) is 26.7. The molecule has 0 aliphatic rings. The highest BCUT2D eigenvalue weighted by atomic mass is 16.5. The van der Waals surface area contributed by atoms with Crippen LogP contribution in [0, 0.1) is 0 Å². The lowest BCUT2D eigenvalue weighted by atomic mass is 10.0. The molecule has 0 heterocycles. The average Bonchev–Trinajstić information content (AvgIpc) is 3.51. The van der Waals surface area contributed by atoms with E-state index in [4.69, 9.17) is 4.74 Å². The van der Waals surface area contributed by atoms with Crippen LogP contribution in [0.25, 0.3) is 0 Å². The van der Waals surface area contributed by atoms with Crippen LogP contribution in [0.2, 0.25) is 0 Å². The summed E-state index contributed by atoms with van der Waals surface area (Å²) in [6.45, 7) is 4.91. The largest absolute Gasteiger partial charge is 0.466 e. The van der Waals surface area contributed by atoms with E-state index < -0.39 is 12.1 Å². The first kappa shape index (κ1) is 83.1. The molecule has 0 aromatic rings. The monoisotopic (exact) mass is 1190 g/mol. The molecule has 2 unspecified atom stereocenters. The van der Waals surface area contributed by atoms with Crippen LogP contribution in [0.15, 0.2) is 36.5 Å². The van der Waals surface area contributed by atoms with Crippen molar-refractivity contribution in [3.05, 3.63) is 36.5 Å². The molecule has 0 aliphatic heterocycles. The molecular weight excluding hydrogens is 1040 g/mol. The fourth-order valence-corrected chi connectivity index (χ4v) is 12.3. The maximum absolute atomic E-state index is 12.5. The van der Waals surface area contributed by atoms with Gasteiger partial charge in [-0.1, -0.05) is 391 Å². The van der Waals surface area contributed by atoms with Gasteiger partial charge in [0.25, 0.3) is 0 Å². The Morgan fingerprint density at radius 3 is 0.918 bits per heavy atom. The minimum Gasteiger partial charge on any atom is -0.466 e. The van der Waals surface area contributed by atoms with Gasteiger partial charge in [0.1, 0.15) is 0 Å². The highest BCUT2D eigenvalue weighted by molar-refractivity contribution is 5.76. The normalized spacial score (nSPS) is 12.7. The van der Waals surface area contributed by atoms with Crippen molar-refractivity contribution in [2.75, 3.05) is 13.2 Å². The lowest BCUT2D eigenvalue weighted by molar-refractivity contribution is -0.143. The summed E-state index contributed by atoms with van der Waals surface area (Å²) in [5, 5.41) is 23.2. The second-order valence-corrected chi connectivity index (χ2v) is 26.7. The number of aliphatic hydroxyl groups excluding tert-OH is 2. The van der Waals surface area contributed by atoms with Gasteiger partial charge in [0.2, 0.25) is 5.91 Å². The number of hydrogen-bond acceptors (Lipinski definition) is 5. The van der Waals surface area contributed by atoms with E-state index in [2.05, 4.69) is 43.5 Å². The number of rotatable bonds is 73. The Labute approximate surface area is 532 Å². The molecule has 3 N–H and O–H groups in total. The fraction of sp³-hybridized carbons (Fsp3) is 0.899. The van der Waals surface area contributed by atoms with Gasteiger partial charge in [-0.3, -0.25) is 9.59 Å². The number of nitrogens with one attached hydrogen (secondary N) is 1. The third kappa shape index (κ3) is 71.0. The molecule has 0 fully saturated rings. The smallest absolute Gasteiger partial charge is 0.305 e. The molecule has 502 valence electrons. The second kappa shape index (κ2) is 74.5. The Kier molecular flexibility index (Phi) is 72.9. The quantitative estimate of drug-likeness (QED) is 0.0320. The molecule has 0 saturated heterocycles. The molecule has 0 aliphatic carbocycles. The van der Waals surface area contributed by atoms with Crippen molar-refractivity contribution in [3.63, 3.8) is 0 Å². The van der Waals surface area contributed by atoms with Gasteiger partial charge in [-0.2, -0.15) is 0 Å². The molecular formula is C79H151NO5. The predicted molar refractivity (Wildman–Crippen MR) is 375 cm³/mol. The zero-order chi connectivity index (χ0) is 61.3. The summed E-state index contributed by atoms with van der Waals surface area (Å²) in [4.78, 5) is 24.6. The molecule has 0 spiro atoms. The number of ether oxygens (including phenoxy) is 1. The number of hydrogen-bond donors (Lipinski definition) is 3. The number of unbranched alkanes of at least 4 members (excludes halogenated alkanes) is 58. The van der Waals surface area contributed by atoms with Crippen LogP contribution >= 0.6 is 0 Å². The van der Waals surface area contributed by atoms with Crippen LogP contribution in [-0.4, -0.2) is 47.4 Å². The van der Waals surface area contributed by atoms with E-state index in [0.717, 1.165) is 44.9 Å². The van der Waals surface area contributed by atoms with Crippen molar-refractivity contribution in [1.82, 2.24) is 5.32 Å². The van der Waals surface area contributed by atoms with Gasteiger partial charge in [0.05, 0.1) is 25.4 Å². The van der Waals surface area contributed by atoms with E-state index in [-0.39, 0.29) is 18.5 Å². The van der Waals surface area contributed by atoms with Crippen LogP contribution in [0.5, 0.6) is 0 Å². The maximum Gasteiger partial charge on any atom is 0.305 e. The summed E-state index contributed by atoms with van der Waals surface area (Å²) in [6, 6.07) is -0.623. The molecule has 2 atom stereocenters. The van der Waals surface area contributed by atoms with E-state index in [1.165, 1.54) is 360 Å². The van der Waals surface area contributed by atoms with Crippen LogP contribution in [0.3, 0.4) is 0 Å². The molecule has 0 saturated carbocycles. The predicted octanol–water partition coefficient (Wildman–Crippen LogP) is 25.4. The first-order valence-corrected chi connectivity index (χ1v) is 38.8. The van der Waals surface area contributed by atoms with Crippen LogP contribution in [-0.2, 0) is 14.3 Å². The fourth-order valence-electron chi connectivity index (χ4n) is 12.3. The van der Waals surface area contributed by atoms with Gasteiger partial charge in [-0.25, -0.2) is 0 Å².